The van der Waals surface area contributed by atoms with Gasteiger partial charge in [-0.25, -0.2) is 14.3 Å². The molecule has 6 heteroatoms. The van der Waals surface area contributed by atoms with Gasteiger partial charge in [0.1, 0.15) is 5.75 Å². The fourth-order valence-corrected chi connectivity index (χ4v) is 1.30. The smallest absolute Gasteiger partial charge is 0.176 e. The SMILES string of the molecule is ONCc1cc(F)c(F)c(Br)c1O. The number of halogens is 3. The number of hydrogen-bond donors (Lipinski definition) is 3. The van der Waals surface area contributed by atoms with Gasteiger partial charge in [0.2, 0.25) is 0 Å². The molecule has 1 rings (SSSR count). The van der Waals surface area contributed by atoms with E-state index < -0.39 is 17.4 Å². The van der Waals surface area contributed by atoms with Gasteiger partial charge >= 0.3 is 0 Å². The van der Waals surface area contributed by atoms with E-state index in [0.29, 0.717) is 0 Å². The van der Waals surface area contributed by atoms with Crippen LogP contribution in [0.3, 0.4) is 0 Å². The van der Waals surface area contributed by atoms with Crippen LogP contribution in [0.4, 0.5) is 8.78 Å². The molecule has 0 aliphatic rings. The van der Waals surface area contributed by atoms with Crippen LogP contribution in [0.1, 0.15) is 5.56 Å². The largest absolute Gasteiger partial charge is 0.506 e. The highest BCUT2D eigenvalue weighted by Gasteiger charge is 2.15. The molecular weight excluding hydrogens is 248 g/mol. The lowest BCUT2D eigenvalue weighted by Gasteiger charge is -2.06. The highest BCUT2D eigenvalue weighted by molar-refractivity contribution is 9.10. The molecule has 0 aromatic heterocycles. The zero-order valence-corrected chi connectivity index (χ0v) is 7.90. The van der Waals surface area contributed by atoms with Gasteiger partial charge in [-0.3, -0.25) is 0 Å². The third-order valence-corrected chi connectivity index (χ3v) is 2.21. The van der Waals surface area contributed by atoms with Crippen LogP contribution >= 0.6 is 15.9 Å². The van der Waals surface area contributed by atoms with Crippen molar-refractivity contribution in [2.45, 2.75) is 6.54 Å². The molecule has 0 aliphatic carbocycles. The van der Waals surface area contributed by atoms with E-state index in [1.165, 1.54) is 0 Å². The van der Waals surface area contributed by atoms with Crippen molar-refractivity contribution >= 4 is 15.9 Å². The number of nitrogens with one attached hydrogen (secondary N) is 1. The summed E-state index contributed by atoms with van der Waals surface area (Å²) in [6.45, 7) is -0.165. The molecule has 1 aromatic rings. The standard InChI is InChI=1S/C7H6BrF2NO2/c8-5-6(10)4(9)1-3(2-11-13)7(5)12/h1,11-13H,2H2. The number of hydroxylamine groups is 1. The van der Waals surface area contributed by atoms with Gasteiger partial charge in [0, 0.05) is 12.1 Å². The maximum atomic E-state index is 12.7. The van der Waals surface area contributed by atoms with Crippen LogP contribution in [0.15, 0.2) is 10.5 Å². The summed E-state index contributed by atoms with van der Waals surface area (Å²) < 4.78 is 25.1. The average Bonchev–Trinajstić information content (AvgIpc) is 2.11. The van der Waals surface area contributed by atoms with Gasteiger partial charge in [-0.2, -0.15) is 0 Å². The summed E-state index contributed by atoms with van der Waals surface area (Å²) >= 11 is 2.68. The van der Waals surface area contributed by atoms with E-state index in [1.807, 2.05) is 0 Å². The third-order valence-electron chi connectivity index (χ3n) is 1.48. The molecule has 3 nitrogen and oxygen atoms in total. The molecule has 3 N–H and O–H groups in total. The first-order valence-electron chi connectivity index (χ1n) is 3.30. The number of aromatic hydroxyl groups is 1. The Labute approximate surface area is 81.1 Å². The molecule has 0 aliphatic heterocycles. The van der Waals surface area contributed by atoms with Crippen LogP contribution in [0.2, 0.25) is 0 Å². The Morgan fingerprint density at radius 2 is 2.08 bits per heavy atom. The summed E-state index contributed by atoms with van der Waals surface area (Å²) in [6, 6.07) is 0.804. The maximum absolute atomic E-state index is 12.7. The molecule has 0 fully saturated rings. The summed E-state index contributed by atoms with van der Waals surface area (Å²) in [5.41, 5.74) is 1.79. The van der Waals surface area contributed by atoms with E-state index >= 15 is 0 Å². The Bertz CT molecular complexity index is 333. The predicted molar refractivity (Wildman–Crippen MR) is 44.3 cm³/mol. The lowest BCUT2D eigenvalue weighted by atomic mass is 10.2. The summed E-state index contributed by atoms with van der Waals surface area (Å²) in [5.74, 6) is -2.67. The van der Waals surface area contributed by atoms with E-state index in [0.717, 1.165) is 6.07 Å². The second-order valence-corrected chi connectivity index (χ2v) is 3.12. The van der Waals surface area contributed by atoms with Crippen molar-refractivity contribution in [2.24, 2.45) is 0 Å². The van der Waals surface area contributed by atoms with Gasteiger partial charge in [-0.1, -0.05) is 0 Å². The van der Waals surface area contributed by atoms with Gasteiger partial charge in [0.15, 0.2) is 11.6 Å². The number of phenolic OH excluding ortho intramolecular Hbond substituents is 1. The first-order valence-corrected chi connectivity index (χ1v) is 4.09. The lowest BCUT2D eigenvalue weighted by Crippen LogP contribution is -2.07. The van der Waals surface area contributed by atoms with Crippen LogP contribution in [0.25, 0.3) is 0 Å². The van der Waals surface area contributed by atoms with Crippen LogP contribution in [-0.4, -0.2) is 10.3 Å². The Morgan fingerprint density at radius 1 is 1.46 bits per heavy atom. The monoisotopic (exact) mass is 253 g/mol. The Kier molecular flexibility index (Phi) is 3.18. The van der Waals surface area contributed by atoms with E-state index in [1.54, 1.807) is 5.48 Å². The number of phenols is 1. The molecular formula is C7H6BrF2NO2. The molecule has 0 radical (unpaired) electrons. The third kappa shape index (κ3) is 1.96. The minimum Gasteiger partial charge on any atom is -0.506 e. The zero-order valence-electron chi connectivity index (χ0n) is 6.31. The zero-order chi connectivity index (χ0) is 10.0. The summed E-state index contributed by atoms with van der Waals surface area (Å²) in [6.07, 6.45) is 0. The fourth-order valence-electron chi connectivity index (χ4n) is 0.854. The molecule has 0 unspecified atom stereocenters. The van der Waals surface area contributed by atoms with Crippen LogP contribution < -0.4 is 5.48 Å². The highest BCUT2D eigenvalue weighted by atomic mass is 79.9. The van der Waals surface area contributed by atoms with Crippen molar-refractivity contribution in [2.75, 3.05) is 0 Å². The van der Waals surface area contributed by atoms with Crippen LogP contribution in [-0.2, 0) is 6.54 Å². The van der Waals surface area contributed by atoms with E-state index in [9.17, 15) is 13.9 Å². The summed E-state index contributed by atoms with van der Waals surface area (Å²) in [5, 5.41) is 17.5. The first-order chi connectivity index (χ1) is 6.07. The molecule has 0 amide bonds. The minimum absolute atomic E-state index is 0.0632. The number of hydrogen-bond acceptors (Lipinski definition) is 3. The van der Waals surface area contributed by atoms with E-state index in [4.69, 9.17) is 5.21 Å². The van der Waals surface area contributed by atoms with Gasteiger partial charge in [-0.15, -0.1) is 0 Å². The molecule has 13 heavy (non-hydrogen) atoms. The van der Waals surface area contributed by atoms with Crippen molar-refractivity contribution in [3.63, 3.8) is 0 Å². The van der Waals surface area contributed by atoms with Crippen molar-refractivity contribution in [3.05, 3.63) is 27.7 Å². The molecule has 0 spiro atoms. The van der Waals surface area contributed by atoms with Crippen molar-refractivity contribution < 1.29 is 19.1 Å². The lowest BCUT2D eigenvalue weighted by molar-refractivity contribution is 0.160. The van der Waals surface area contributed by atoms with Crippen molar-refractivity contribution in [3.8, 4) is 5.75 Å². The molecule has 0 atom stereocenters. The van der Waals surface area contributed by atoms with E-state index in [-0.39, 0.29) is 16.6 Å². The summed E-state index contributed by atoms with van der Waals surface area (Å²) in [7, 11) is 0. The van der Waals surface area contributed by atoms with Crippen LogP contribution in [0.5, 0.6) is 5.75 Å². The Morgan fingerprint density at radius 3 is 2.62 bits per heavy atom. The van der Waals surface area contributed by atoms with E-state index in [2.05, 4.69) is 15.9 Å². The molecule has 0 saturated carbocycles. The Hall–Kier alpha value is -0.720. The summed E-state index contributed by atoms with van der Waals surface area (Å²) in [4.78, 5) is 0. The minimum atomic E-state index is -1.15. The van der Waals surface area contributed by atoms with Crippen LogP contribution in [0, 0.1) is 11.6 Å². The molecule has 0 heterocycles. The predicted octanol–water partition coefficient (Wildman–Crippen LogP) is 1.91. The molecule has 72 valence electrons. The van der Waals surface area contributed by atoms with Gasteiger partial charge in [-0.05, 0) is 22.0 Å². The second kappa shape index (κ2) is 3.99. The van der Waals surface area contributed by atoms with Gasteiger partial charge < -0.3 is 10.3 Å². The highest BCUT2D eigenvalue weighted by Crippen LogP contribution is 2.32. The quantitative estimate of drug-likeness (QED) is 0.558. The molecule has 0 saturated heterocycles. The topological polar surface area (TPSA) is 52.5 Å². The number of rotatable bonds is 2. The van der Waals surface area contributed by atoms with Gasteiger partial charge in [0.05, 0.1) is 4.47 Å². The second-order valence-electron chi connectivity index (χ2n) is 2.33. The normalized spacial score (nSPS) is 10.5. The molecule has 0 bridgehead atoms. The first kappa shape index (κ1) is 10.4. The molecule has 1 aromatic carbocycles. The fraction of sp³-hybridized carbons (Fsp3) is 0.143. The number of benzene rings is 1. The average molecular weight is 254 g/mol. The maximum Gasteiger partial charge on any atom is 0.176 e. The van der Waals surface area contributed by atoms with Crippen molar-refractivity contribution in [1.29, 1.82) is 0 Å². The Balaban J connectivity index is 3.24. The van der Waals surface area contributed by atoms with Gasteiger partial charge in [0.25, 0.3) is 0 Å². The van der Waals surface area contributed by atoms with Crippen molar-refractivity contribution in [1.82, 2.24) is 5.48 Å².